The summed E-state index contributed by atoms with van der Waals surface area (Å²) in [5, 5.41) is 0. The number of hydrogen-bond acceptors (Lipinski definition) is 2. The standard InChI is InChI=1S/C21H30F6O2/c1-2-3-15-6-4-14(12-17(15)20(22,23)24)5-7-16-8-9-19(28-10-11-29-19)13-18(16)21(25,26)27/h5,15-18H,2-4,6-13H2,1H3/t15-,16-,17?,18?/m0/s1. The molecule has 1 spiro atoms. The van der Waals surface area contributed by atoms with Gasteiger partial charge in [0.15, 0.2) is 5.79 Å². The molecule has 0 aromatic carbocycles. The zero-order valence-electron chi connectivity index (χ0n) is 16.7. The lowest BCUT2D eigenvalue weighted by atomic mass is 9.72. The van der Waals surface area contributed by atoms with Crippen molar-refractivity contribution in [1.29, 1.82) is 0 Å². The van der Waals surface area contributed by atoms with Crippen LogP contribution in [0.2, 0.25) is 0 Å². The molecule has 168 valence electrons. The van der Waals surface area contributed by atoms with Crippen molar-refractivity contribution in [3.05, 3.63) is 11.6 Å². The van der Waals surface area contributed by atoms with Crippen molar-refractivity contribution in [3.8, 4) is 0 Å². The molecule has 1 saturated heterocycles. The first-order valence-corrected chi connectivity index (χ1v) is 10.6. The first kappa shape index (κ1) is 22.9. The Kier molecular flexibility index (Phi) is 6.93. The van der Waals surface area contributed by atoms with Gasteiger partial charge in [-0.25, -0.2) is 0 Å². The van der Waals surface area contributed by atoms with Crippen LogP contribution in [0.5, 0.6) is 0 Å². The molecule has 3 rings (SSSR count). The fourth-order valence-corrected chi connectivity index (χ4v) is 5.36. The molecule has 4 atom stereocenters. The minimum atomic E-state index is -4.38. The van der Waals surface area contributed by atoms with Crippen molar-refractivity contribution >= 4 is 0 Å². The van der Waals surface area contributed by atoms with Crippen molar-refractivity contribution in [3.63, 3.8) is 0 Å². The summed E-state index contributed by atoms with van der Waals surface area (Å²) < 4.78 is 92.3. The quantitative estimate of drug-likeness (QED) is 0.362. The first-order chi connectivity index (χ1) is 13.5. The Bertz CT molecular complexity index is 577. The maximum Gasteiger partial charge on any atom is 0.392 e. The Morgan fingerprint density at radius 1 is 0.966 bits per heavy atom. The lowest BCUT2D eigenvalue weighted by Crippen LogP contribution is -2.45. The third kappa shape index (κ3) is 5.49. The van der Waals surface area contributed by atoms with Crippen LogP contribution >= 0.6 is 0 Å². The van der Waals surface area contributed by atoms with E-state index in [9.17, 15) is 26.3 Å². The molecule has 0 radical (unpaired) electrons. The van der Waals surface area contributed by atoms with E-state index in [1.165, 1.54) is 0 Å². The van der Waals surface area contributed by atoms with Crippen LogP contribution in [0.4, 0.5) is 26.3 Å². The molecule has 0 aromatic heterocycles. The second-order valence-corrected chi connectivity index (χ2v) is 8.80. The predicted octanol–water partition coefficient (Wildman–Crippen LogP) is 6.80. The van der Waals surface area contributed by atoms with Gasteiger partial charge < -0.3 is 9.47 Å². The van der Waals surface area contributed by atoms with Gasteiger partial charge in [0.25, 0.3) is 0 Å². The normalized spacial score (nSPS) is 34.8. The summed E-state index contributed by atoms with van der Waals surface area (Å²) in [5.41, 5.74) is 0.661. The van der Waals surface area contributed by atoms with Crippen molar-refractivity contribution in [2.45, 2.75) is 82.9 Å². The third-order valence-electron chi connectivity index (χ3n) is 6.91. The Morgan fingerprint density at radius 2 is 1.62 bits per heavy atom. The van der Waals surface area contributed by atoms with Gasteiger partial charge >= 0.3 is 12.4 Å². The average Bonchev–Trinajstić information content (AvgIpc) is 3.08. The lowest BCUT2D eigenvalue weighted by molar-refractivity contribution is -0.257. The van der Waals surface area contributed by atoms with Gasteiger partial charge in [0.1, 0.15) is 0 Å². The van der Waals surface area contributed by atoms with Gasteiger partial charge in [-0.05, 0) is 43.9 Å². The molecule has 1 aliphatic heterocycles. The van der Waals surface area contributed by atoms with E-state index < -0.39 is 35.9 Å². The monoisotopic (exact) mass is 428 g/mol. The van der Waals surface area contributed by atoms with E-state index in [0.29, 0.717) is 57.3 Å². The Balaban J connectivity index is 1.67. The Labute approximate surface area is 168 Å². The molecule has 0 N–H and O–H groups in total. The van der Waals surface area contributed by atoms with E-state index in [4.69, 9.17) is 9.47 Å². The molecular weight excluding hydrogens is 398 g/mol. The van der Waals surface area contributed by atoms with E-state index in [2.05, 4.69) is 0 Å². The molecule has 3 aliphatic rings. The second kappa shape index (κ2) is 8.77. The van der Waals surface area contributed by atoms with Crippen molar-refractivity contribution in [1.82, 2.24) is 0 Å². The highest BCUT2D eigenvalue weighted by Crippen LogP contribution is 2.50. The summed E-state index contributed by atoms with van der Waals surface area (Å²) >= 11 is 0. The fraction of sp³-hybridized carbons (Fsp3) is 0.905. The largest absolute Gasteiger partial charge is 0.392 e. The first-order valence-electron chi connectivity index (χ1n) is 10.6. The zero-order valence-corrected chi connectivity index (χ0v) is 16.7. The van der Waals surface area contributed by atoms with Crippen LogP contribution in [0.1, 0.15) is 64.7 Å². The van der Waals surface area contributed by atoms with Gasteiger partial charge in [0, 0.05) is 12.8 Å². The highest BCUT2D eigenvalue weighted by atomic mass is 19.4. The Hall–Kier alpha value is -0.760. The number of ether oxygens (including phenoxy) is 2. The van der Waals surface area contributed by atoms with E-state index in [-0.39, 0.29) is 25.2 Å². The van der Waals surface area contributed by atoms with Gasteiger partial charge in [-0.2, -0.15) is 26.3 Å². The summed E-state index contributed by atoms with van der Waals surface area (Å²) in [7, 11) is 0. The summed E-state index contributed by atoms with van der Waals surface area (Å²) in [5.74, 6) is -5.09. The van der Waals surface area contributed by atoms with E-state index in [1.54, 1.807) is 6.08 Å². The van der Waals surface area contributed by atoms with Crippen LogP contribution in [-0.4, -0.2) is 31.4 Å². The highest BCUT2D eigenvalue weighted by molar-refractivity contribution is 5.10. The molecule has 2 unspecified atom stereocenters. The van der Waals surface area contributed by atoms with Crippen LogP contribution in [0.3, 0.4) is 0 Å². The minimum Gasteiger partial charge on any atom is -0.348 e. The smallest absolute Gasteiger partial charge is 0.348 e. The number of hydrogen-bond donors (Lipinski definition) is 0. The molecule has 2 saturated carbocycles. The van der Waals surface area contributed by atoms with Gasteiger partial charge in [0.2, 0.25) is 0 Å². The van der Waals surface area contributed by atoms with Crippen LogP contribution in [-0.2, 0) is 9.47 Å². The molecule has 29 heavy (non-hydrogen) atoms. The van der Waals surface area contributed by atoms with Gasteiger partial charge in [-0.15, -0.1) is 0 Å². The van der Waals surface area contributed by atoms with Crippen LogP contribution in [0.15, 0.2) is 11.6 Å². The minimum absolute atomic E-state index is 0.0757. The molecule has 0 bridgehead atoms. The Morgan fingerprint density at radius 3 is 2.21 bits per heavy atom. The van der Waals surface area contributed by atoms with Crippen LogP contribution in [0.25, 0.3) is 0 Å². The third-order valence-corrected chi connectivity index (χ3v) is 6.91. The van der Waals surface area contributed by atoms with E-state index in [0.717, 1.165) is 0 Å². The average molecular weight is 428 g/mol. The molecule has 0 aromatic rings. The fourth-order valence-electron chi connectivity index (χ4n) is 5.36. The molecule has 2 nitrogen and oxygen atoms in total. The molecule has 0 amide bonds. The number of allylic oxidation sites excluding steroid dienone is 2. The zero-order chi connectivity index (χ0) is 21.3. The molecule has 8 heteroatoms. The SMILES string of the molecule is CCC[C@H]1CCC(=CC[C@H]2CCC3(CC2C(F)(F)F)OCCO3)CC1C(F)(F)F. The van der Waals surface area contributed by atoms with E-state index >= 15 is 0 Å². The number of halogens is 6. The number of alkyl halides is 6. The maximum atomic E-state index is 13.7. The van der Waals surface area contributed by atoms with E-state index in [1.807, 2.05) is 6.92 Å². The van der Waals surface area contributed by atoms with Gasteiger partial charge in [-0.1, -0.05) is 31.4 Å². The molecule has 3 fully saturated rings. The second-order valence-electron chi connectivity index (χ2n) is 8.80. The molecular formula is C21H30F6O2. The maximum absolute atomic E-state index is 13.7. The van der Waals surface area contributed by atoms with Crippen LogP contribution < -0.4 is 0 Å². The summed E-state index contributed by atoms with van der Waals surface area (Å²) in [6.45, 7) is 2.48. The van der Waals surface area contributed by atoms with Crippen LogP contribution in [0, 0.1) is 23.7 Å². The highest BCUT2D eigenvalue weighted by Gasteiger charge is 2.54. The van der Waals surface area contributed by atoms with Gasteiger partial charge in [0.05, 0.1) is 25.0 Å². The predicted molar refractivity (Wildman–Crippen MR) is 96.0 cm³/mol. The summed E-state index contributed by atoms with van der Waals surface area (Å²) in [4.78, 5) is 0. The van der Waals surface area contributed by atoms with Crippen molar-refractivity contribution < 1.29 is 35.8 Å². The summed E-state index contributed by atoms with van der Waals surface area (Å²) in [6, 6.07) is 0. The van der Waals surface area contributed by atoms with Crippen molar-refractivity contribution in [2.24, 2.45) is 23.7 Å². The van der Waals surface area contributed by atoms with Crippen molar-refractivity contribution in [2.75, 3.05) is 13.2 Å². The lowest BCUT2D eigenvalue weighted by Gasteiger charge is -2.41. The van der Waals surface area contributed by atoms with Gasteiger partial charge in [-0.3, -0.25) is 0 Å². The topological polar surface area (TPSA) is 18.5 Å². The molecule has 2 aliphatic carbocycles. The number of rotatable bonds is 4. The molecule has 1 heterocycles. The summed E-state index contributed by atoms with van der Waals surface area (Å²) in [6.07, 6.45) is -4.15.